The largest absolute Gasteiger partial charge is 0.464 e. The van der Waals surface area contributed by atoms with Crippen LogP contribution in [0.25, 0.3) is 49.7 Å². The second kappa shape index (κ2) is 5.83. The van der Waals surface area contributed by atoms with Crippen molar-refractivity contribution in [3.8, 4) is 16.9 Å². The number of fused-ring (bicyclic) bond motifs is 5. The highest BCUT2D eigenvalue weighted by Gasteiger charge is 2.15. The quantitative estimate of drug-likeness (QED) is 0.349. The maximum absolute atomic E-state index is 5.63. The van der Waals surface area contributed by atoms with Crippen LogP contribution in [0, 0.1) is 0 Å². The maximum atomic E-state index is 5.63. The lowest BCUT2D eigenvalue weighted by Crippen LogP contribution is -1.95. The SMILES string of the molecule is c1ccc(-c2ccc(-n3c4ccccc4c4c5ccoc5ccc43)cn2)cc1. The molecule has 0 aliphatic heterocycles. The number of furan rings is 1. The summed E-state index contributed by atoms with van der Waals surface area (Å²) < 4.78 is 7.91. The van der Waals surface area contributed by atoms with E-state index < -0.39 is 0 Å². The Morgan fingerprint density at radius 1 is 0.679 bits per heavy atom. The molecule has 132 valence electrons. The van der Waals surface area contributed by atoms with Crippen LogP contribution in [0.15, 0.2) is 102 Å². The van der Waals surface area contributed by atoms with Crippen LogP contribution in [-0.2, 0) is 0 Å². The van der Waals surface area contributed by atoms with Crippen molar-refractivity contribution in [1.82, 2.24) is 9.55 Å². The molecule has 3 nitrogen and oxygen atoms in total. The van der Waals surface area contributed by atoms with Crippen molar-refractivity contribution in [1.29, 1.82) is 0 Å². The first-order valence-electron chi connectivity index (χ1n) is 9.31. The molecule has 28 heavy (non-hydrogen) atoms. The summed E-state index contributed by atoms with van der Waals surface area (Å²) in [7, 11) is 0. The fourth-order valence-corrected chi connectivity index (χ4v) is 4.09. The van der Waals surface area contributed by atoms with Crippen LogP contribution >= 0.6 is 0 Å². The Bertz CT molecular complexity index is 1440. The Hall–Kier alpha value is -3.85. The monoisotopic (exact) mass is 360 g/mol. The highest BCUT2D eigenvalue weighted by molar-refractivity contribution is 6.20. The van der Waals surface area contributed by atoms with Gasteiger partial charge in [-0.15, -0.1) is 0 Å². The summed E-state index contributed by atoms with van der Waals surface area (Å²) in [6.45, 7) is 0. The molecule has 0 aliphatic rings. The zero-order chi connectivity index (χ0) is 18.5. The minimum Gasteiger partial charge on any atom is -0.464 e. The van der Waals surface area contributed by atoms with E-state index in [0.29, 0.717) is 0 Å². The lowest BCUT2D eigenvalue weighted by molar-refractivity contribution is 0.616. The number of benzene rings is 3. The molecule has 0 fully saturated rings. The molecule has 6 rings (SSSR count). The molecule has 3 aromatic heterocycles. The molecule has 3 aromatic carbocycles. The number of rotatable bonds is 2. The Morgan fingerprint density at radius 3 is 2.39 bits per heavy atom. The number of pyridine rings is 1. The third-order valence-electron chi connectivity index (χ3n) is 5.34. The number of hydrogen-bond acceptors (Lipinski definition) is 2. The van der Waals surface area contributed by atoms with Gasteiger partial charge in [0.15, 0.2) is 0 Å². The van der Waals surface area contributed by atoms with Crippen molar-refractivity contribution in [2.75, 3.05) is 0 Å². The number of para-hydroxylation sites is 1. The van der Waals surface area contributed by atoms with E-state index in [1.807, 2.05) is 36.5 Å². The van der Waals surface area contributed by atoms with Gasteiger partial charge < -0.3 is 8.98 Å². The molecular formula is C25H16N2O. The topological polar surface area (TPSA) is 31.0 Å². The molecule has 3 heterocycles. The molecule has 0 amide bonds. The van der Waals surface area contributed by atoms with Gasteiger partial charge in [-0.1, -0.05) is 48.5 Å². The highest BCUT2D eigenvalue weighted by atomic mass is 16.3. The van der Waals surface area contributed by atoms with Gasteiger partial charge in [0.05, 0.1) is 34.9 Å². The van der Waals surface area contributed by atoms with Crippen molar-refractivity contribution in [3.05, 3.63) is 97.4 Å². The second-order valence-corrected chi connectivity index (χ2v) is 6.91. The van der Waals surface area contributed by atoms with Crippen molar-refractivity contribution in [2.45, 2.75) is 0 Å². The van der Waals surface area contributed by atoms with Crippen LogP contribution in [0.3, 0.4) is 0 Å². The number of nitrogens with zero attached hydrogens (tertiary/aromatic N) is 2. The molecule has 3 heteroatoms. The van der Waals surface area contributed by atoms with E-state index in [1.54, 1.807) is 6.26 Å². The fraction of sp³-hybridized carbons (Fsp3) is 0. The first-order valence-corrected chi connectivity index (χ1v) is 9.31. The summed E-state index contributed by atoms with van der Waals surface area (Å²) in [6.07, 6.45) is 3.71. The average molecular weight is 360 g/mol. The molecule has 0 aliphatic carbocycles. The van der Waals surface area contributed by atoms with E-state index in [-0.39, 0.29) is 0 Å². The molecule has 0 saturated carbocycles. The predicted octanol–water partition coefficient (Wildman–Crippen LogP) is 6.59. The minimum atomic E-state index is 0.910. The predicted molar refractivity (Wildman–Crippen MR) is 114 cm³/mol. The van der Waals surface area contributed by atoms with E-state index in [9.17, 15) is 0 Å². The summed E-state index contributed by atoms with van der Waals surface area (Å²) in [5, 5.41) is 3.58. The molecule has 0 atom stereocenters. The molecule has 0 bridgehead atoms. The number of hydrogen-bond donors (Lipinski definition) is 0. The van der Waals surface area contributed by atoms with Crippen LogP contribution in [0.5, 0.6) is 0 Å². The van der Waals surface area contributed by atoms with Gasteiger partial charge in [-0.3, -0.25) is 4.98 Å². The van der Waals surface area contributed by atoms with Crippen molar-refractivity contribution < 1.29 is 4.42 Å². The van der Waals surface area contributed by atoms with Gasteiger partial charge in [-0.25, -0.2) is 0 Å². The first-order chi connectivity index (χ1) is 13.9. The zero-order valence-electron chi connectivity index (χ0n) is 15.0. The second-order valence-electron chi connectivity index (χ2n) is 6.91. The number of aromatic nitrogens is 2. The Kier molecular flexibility index (Phi) is 3.17. The molecule has 0 spiro atoms. The first kappa shape index (κ1) is 15.2. The van der Waals surface area contributed by atoms with Gasteiger partial charge in [0.1, 0.15) is 5.58 Å². The summed E-state index contributed by atoms with van der Waals surface area (Å²) >= 11 is 0. The van der Waals surface area contributed by atoms with Crippen LogP contribution in [0.2, 0.25) is 0 Å². The van der Waals surface area contributed by atoms with E-state index >= 15 is 0 Å². The van der Waals surface area contributed by atoms with Crippen molar-refractivity contribution in [3.63, 3.8) is 0 Å². The van der Waals surface area contributed by atoms with E-state index in [1.165, 1.54) is 16.3 Å². The normalized spacial score (nSPS) is 11.6. The van der Waals surface area contributed by atoms with Gasteiger partial charge in [0.2, 0.25) is 0 Å². The van der Waals surface area contributed by atoms with Crippen LogP contribution in [0.1, 0.15) is 0 Å². The summed E-state index contributed by atoms with van der Waals surface area (Å²) in [4.78, 5) is 4.73. The van der Waals surface area contributed by atoms with Gasteiger partial charge in [0.25, 0.3) is 0 Å². The third-order valence-corrected chi connectivity index (χ3v) is 5.34. The maximum Gasteiger partial charge on any atom is 0.134 e. The Labute approximate surface area is 161 Å². The molecule has 6 aromatic rings. The smallest absolute Gasteiger partial charge is 0.134 e. The average Bonchev–Trinajstić information content (AvgIpc) is 3.36. The summed E-state index contributed by atoms with van der Waals surface area (Å²) in [5.41, 5.74) is 6.38. The van der Waals surface area contributed by atoms with E-state index in [2.05, 4.69) is 59.2 Å². The van der Waals surface area contributed by atoms with Crippen LogP contribution in [0.4, 0.5) is 0 Å². The molecule has 0 N–H and O–H groups in total. The Morgan fingerprint density at radius 2 is 1.54 bits per heavy atom. The molecular weight excluding hydrogens is 344 g/mol. The Balaban J connectivity index is 1.63. The lowest BCUT2D eigenvalue weighted by Gasteiger charge is -2.08. The van der Waals surface area contributed by atoms with Crippen LogP contribution < -0.4 is 0 Å². The van der Waals surface area contributed by atoms with E-state index in [4.69, 9.17) is 9.40 Å². The van der Waals surface area contributed by atoms with Crippen LogP contribution in [-0.4, -0.2) is 9.55 Å². The van der Waals surface area contributed by atoms with Gasteiger partial charge in [-0.2, -0.15) is 0 Å². The standard InChI is InChI=1S/C25H16N2O/c1-2-6-17(7-3-1)21-11-10-18(16-26-21)27-22-9-5-4-8-19(22)25-20-14-15-28-24(20)13-12-23(25)27/h1-16H. The molecule has 0 radical (unpaired) electrons. The van der Waals surface area contributed by atoms with Gasteiger partial charge in [-0.05, 0) is 36.4 Å². The minimum absolute atomic E-state index is 0.910. The van der Waals surface area contributed by atoms with Gasteiger partial charge >= 0.3 is 0 Å². The summed E-state index contributed by atoms with van der Waals surface area (Å²) in [6, 6.07) is 29.2. The molecule has 0 unspecified atom stereocenters. The summed E-state index contributed by atoms with van der Waals surface area (Å²) in [5.74, 6) is 0. The fourth-order valence-electron chi connectivity index (χ4n) is 4.09. The van der Waals surface area contributed by atoms with E-state index in [0.717, 1.165) is 33.4 Å². The third kappa shape index (κ3) is 2.13. The molecule has 0 saturated heterocycles. The zero-order valence-corrected chi connectivity index (χ0v) is 15.0. The van der Waals surface area contributed by atoms with Crippen molar-refractivity contribution >= 4 is 32.8 Å². The van der Waals surface area contributed by atoms with Crippen molar-refractivity contribution in [2.24, 2.45) is 0 Å². The van der Waals surface area contributed by atoms with Gasteiger partial charge in [0, 0.05) is 21.7 Å². The lowest BCUT2D eigenvalue weighted by atomic mass is 10.1. The highest BCUT2D eigenvalue weighted by Crippen LogP contribution is 2.37.